The second-order valence-electron chi connectivity index (χ2n) is 3.67. The van der Waals surface area contributed by atoms with E-state index in [0.717, 1.165) is 19.3 Å². The molecule has 0 heterocycles. The number of carbonyl (C=O) groups is 1. The van der Waals surface area contributed by atoms with Crippen molar-refractivity contribution in [1.82, 2.24) is 0 Å². The van der Waals surface area contributed by atoms with Crippen LogP contribution in [0.2, 0.25) is 0 Å². The Morgan fingerprint density at radius 1 is 1.54 bits per heavy atom. The summed E-state index contributed by atoms with van der Waals surface area (Å²) in [7, 11) is 0. The number of halogens is 1. The van der Waals surface area contributed by atoms with Crippen molar-refractivity contribution in [1.29, 1.82) is 0 Å². The molecule has 13 heavy (non-hydrogen) atoms. The maximum atomic E-state index is 10.5. The smallest absolute Gasteiger partial charge is 0.246 e. The Balaban J connectivity index is 0.00000144. The molecule has 1 aliphatic rings. The molecule has 1 atom stereocenters. The molecule has 0 aromatic rings. The Kier molecular flexibility index (Phi) is 4.67. The van der Waals surface area contributed by atoms with Crippen molar-refractivity contribution in [2.24, 2.45) is 11.5 Å². The van der Waals surface area contributed by atoms with Crippen LogP contribution in [0, 0.1) is 0 Å². The van der Waals surface area contributed by atoms with Crippen molar-refractivity contribution < 1.29 is 9.90 Å². The molecule has 1 saturated carbocycles. The van der Waals surface area contributed by atoms with Gasteiger partial charge in [0, 0.05) is 5.54 Å². The third kappa shape index (κ3) is 3.50. The number of rotatable bonds is 4. The van der Waals surface area contributed by atoms with Crippen LogP contribution >= 0.6 is 12.4 Å². The molecular formula is C8H17ClN2O2. The van der Waals surface area contributed by atoms with Gasteiger partial charge in [-0.1, -0.05) is 0 Å². The summed E-state index contributed by atoms with van der Waals surface area (Å²) >= 11 is 0. The van der Waals surface area contributed by atoms with E-state index >= 15 is 0 Å². The zero-order valence-electron chi connectivity index (χ0n) is 7.53. The van der Waals surface area contributed by atoms with Crippen LogP contribution in [0.25, 0.3) is 0 Å². The van der Waals surface area contributed by atoms with Gasteiger partial charge in [-0.05, 0) is 32.1 Å². The Morgan fingerprint density at radius 3 is 2.38 bits per heavy atom. The van der Waals surface area contributed by atoms with Crippen molar-refractivity contribution in [2.45, 2.75) is 43.7 Å². The monoisotopic (exact) mass is 208 g/mol. The van der Waals surface area contributed by atoms with Crippen LogP contribution in [0.15, 0.2) is 0 Å². The van der Waals surface area contributed by atoms with Gasteiger partial charge in [-0.15, -0.1) is 12.4 Å². The molecule has 0 radical (unpaired) electrons. The third-order valence-corrected chi connectivity index (χ3v) is 2.59. The molecule has 0 spiro atoms. The number of aliphatic hydroxyl groups is 1. The number of carbonyl (C=O) groups excluding carboxylic acids is 1. The van der Waals surface area contributed by atoms with Crippen molar-refractivity contribution in [3.8, 4) is 0 Å². The number of hydrogen-bond donors (Lipinski definition) is 3. The lowest BCUT2D eigenvalue weighted by Crippen LogP contribution is -2.47. The van der Waals surface area contributed by atoms with E-state index in [1.807, 2.05) is 0 Å². The van der Waals surface area contributed by atoms with Crippen LogP contribution in [0.1, 0.15) is 32.1 Å². The second kappa shape index (κ2) is 4.79. The Labute approximate surface area is 84.1 Å². The van der Waals surface area contributed by atoms with Crippen LogP contribution in [-0.4, -0.2) is 22.7 Å². The molecule has 5 heteroatoms. The minimum Gasteiger partial charge on any atom is -0.383 e. The lowest BCUT2D eigenvalue weighted by Gasteiger charge is -2.38. The van der Waals surface area contributed by atoms with E-state index in [9.17, 15) is 4.79 Å². The average Bonchev–Trinajstić information content (AvgIpc) is 1.96. The van der Waals surface area contributed by atoms with Crippen molar-refractivity contribution in [2.75, 3.05) is 0 Å². The number of amides is 1. The van der Waals surface area contributed by atoms with Gasteiger partial charge in [0.1, 0.15) is 6.10 Å². The van der Waals surface area contributed by atoms with Gasteiger partial charge in [-0.25, -0.2) is 0 Å². The van der Waals surface area contributed by atoms with Crippen LogP contribution in [0.3, 0.4) is 0 Å². The molecule has 1 fully saturated rings. The number of hydrogen-bond acceptors (Lipinski definition) is 3. The molecule has 1 amide bonds. The van der Waals surface area contributed by atoms with Gasteiger partial charge in [-0.3, -0.25) is 4.79 Å². The highest BCUT2D eigenvalue weighted by Gasteiger charge is 2.32. The largest absolute Gasteiger partial charge is 0.383 e. The van der Waals surface area contributed by atoms with Crippen molar-refractivity contribution in [3.63, 3.8) is 0 Å². The lowest BCUT2D eigenvalue weighted by molar-refractivity contribution is -0.126. The minimum absolute atomic E-state index is 0. The molecule has 0 aromatic heterocycles. The number of aliphatic hydroxyl groups excluding tert-OH is 1. The predicted molar refractivity (Wildman–Crippen MR) is 52.5 cm³/mol. The molecule has 1 aliphatic carbocycles. The maximum absolute atomic E-state index is 10.5. The fourth-order valence-corrected chi connectivity index (χ4v) is 1.45. The molecule has 1 unspecified atom stereocenters. The summed E-state index contributed by atoms with van der Waals surface area (Å²) in [6, 6.07) is 0. The molecule has 78 valence electrons. The Morgan fingerprint density at radius 2 is 2.08 bits per heavy atom. The first-order valence-electron chi connectivity index (χ1n) is 4.30. The first-order chi connectivity index (χ1) is 5.53. The number of primary amides is 1. The molecule has 1 rings (SSSR count). The van der Waals surface area contributed by atoms with E-state index in [-0.39, 0.29) is 17.9 Å². The van der Waals surface area contributed by atoms with Gasteiger partial charge in [0.25, 0.3) is 0 Å². The van der Waals surface area contributed by atoms with Gasteiger partial charge < -0.3 is 16.6 Å². The second-order valence-corrected chi connectivity index (χ2v) is 3.67. The fraction of sp³-hybridized carbons (Fsp3) is 0.875. The SMILES string of the molecule is Cl.NC(=O)C(O)CCC1(N)CCC1. The van der Waals surface area contributed by atoms with Gasteiger partial charge in [0.2, 0.25) is 5.91 Å². The minimum atomic E-state index is -1.02. The van der Waals surface area contributed by atoms with Gasteiger partial charge in [0.05, 0.1) is 0 Å². The van der Waals surface area contributed by atoms with E-state index in [4.69, 9.17) is 16.6 Å². The van der Waals surface area contributed by atoms with E-state index in [1.54, 1.807) is 0 Å². The van der Waals surface area contributed by atoms with Gasteiger partial charge in [-0.2, -0.15) is 0 Å². The quantitative estimate of drug-likeness (QED) is 0.604. The van der Waals surface area contributed by atoms with E-state index in [2.05, 4.69) is 0 Å². The predicted octanol–water partition coefficient (Wildman–Crippen LogP) is -0.0840. The molecule has 5 N–H and O–H groups in total. The molecule has 0 saturated heterocycles. The first-order valence-corrected chi connectivity index (χ1v) is 4.30. The average molecular weight is 209 g/mol. The van der Waals surface area contributed by atoms with Crippen LogP contribution in [-0.2, 0) is 4.79 Å². The molecule has 0 aromatic carbocycles. The highest BCUT2D eigenvalue weighted by Crippen LogP contribution is 2.33. The lowest BCUT2D eigenvalue weighted by atomic mass is 9.74. The summed E-state index contributed by atoms with van der Waals surface area (Å²) in [5, 5.41) is 9.08. The molecule has 4 nitrogen and oxygen atoms in total. The van der Waals surface area contributed by atoms with Crippen molar-refractivity contribution >= 4 is 18.3 Å². The standard InChI is InChI=1S/C8H16N2O2.ClH/c9-7(12)6(11)2-5-8(10)3-1-4-8;/h6,11H,1-5,10H2,(H2,9,12);1H. The van der Waals surface area contributed by atoms with Crippen LogP contribution in [0.4, 0.5) is 0 Å². The summed E-state index contributed by atoms with van der Waals surface area (Å²) in [5.74, 6) is -0.655. The van der Waals surface area contributed by atoms with Gasteiger partial charge >= 0.3 is 0 Å². The summed E-state index contributed by atoms with van der Waals surface area (Å²) in [6.07, 6.45) is 3.22. The highest BCUT2D eigenvalue weighted by molar-refractivity contribution is 5.85. The van der Waals surface area contributed by atoms with Crippen molar-refractivity contribution in [3.05, 3.63) is 0 Å². The van der Waals surface area contributed by atoms with Gasteiger partial charge in [0.15, 0.2) is 0 Å². The molecular weight excluding hydrogens is 192 g/mol. The summed E-state index contributed by atoms with van der Waals surface area (Å²) in [6.45, 7) is 0. The summed E-state index contributed by atoms with van der Waals surface area (Å²) < 4.78 is 0. The topological polar surface area (TPSA) is 89.3 Å². The highest BCUT2D eigenvalue weighted by atomic mass is 35.5. The first kappa shape index (κ1) is 12.7. The third-order valence-electron chi connectivity index (χ3n) is 2.59. The summed E-state index contributed by atoms with van der Waals surface area (Å²) in [4.78, 5) is 10.5. The zero-order chi connectivity index (χ0) is 9.19. The van der Waals surface area contributed by atoms with E-state index < -0.39 is 12.0 Å². The number of nitrogens with two attached hydrogens (primary N) is 2. The zero-order valence-corrected chi connectivity index (χ0v) is 8.35. The molecule has 0 bridgehead atoms. The normalized spacial score (nSPS) is 21.1. The van der Waals surface area contributed by atoms with E-state index in [0.29, 0.717) is 12.8 Å². The van der Waals surface area contributed by atoms with E-state index in [1.165, 1.54) is 0 Å². The fourth-order valence-electron chi connectivity index (χ4n) is 1.45. The summed E-state index contributed by atoms with van der Waals surface area (Å²) in [5.41, 5.74) is 10.7. The maximum Gasteiger partial charge on any atom is 0.246 e. The Bertz CT molecular complexity index is 183. The Hall–Kier alpha value is -0.320. The van der Waals surface area contributed by atoms with Crippen LogP contribution < -0.4 is 11.5 Å². The molecule has 0 aliphatic heterocycles. The van der Waals surface area contributed by atoms with Crippen LogP contribution in [0.5, 0.6) is 0 Å².